The number of hydrogen-bond acceptors (Lipinski definition) is 7. The van der Waals surface area contributed by atoms with Crippen molar-refractivity contribution in [2.75, 3.05) is 23.3 Å². The van der Waals surface area contributed by atoms with Crippen molar-refractivity contribution in [1.29, 1.82) is 0 Å². The van der Waals surface area contributed by atoms with Crippen molar-refractivity contribution in [3.05, 3.63) is 46.8 Å². The number of carbonyl (C=O) groups excluding carboxylic acids is 1. The summed E-state index contributed by atoms with van der Waals surface area (Å²) in [6.45, 7) is -0.197. The highest BCUT2D eigenvalue weighted by molar-refractivity contribution is 5.94. The number of rotatable bonds is 4. The summed E-state index contributed by atoms with van der Waals surface area (Å²) in [5.41, 5.74) is 11.4. The monoisotopic (exact) mass is 407 g/mol. The van der Waals surface area contributed by atoms with Crippen LogP contribution in [0.25, 0.3) is 16.7 Å². The number of nitrogen functional groups attached to an aromatic ring is 2. The summed E-state index contributed by atoms with van der Waals surface area (Å²) >= 11 is 0. The first kappa shape index (κ1) is 20.0. The minimum Gasteiger partial charge on any atom is -0.419 e. The summed E-state index contributed by atoms with van der Waals surface area (Å²) in [5, 5.41) is 2.37. The number of alkyl halides is 3. The van der Waals surface area contributed by atoms with Crippen LogP contribution in [0.15, 0.2) is 41.2 Å². The van der Waals surface area contributed by atoms with Crippen LogP contribution in [0, 0.1) is 0 Å². The van der Waals surface area contributed by atoms with Gasteiger partial charge in [0.05, 0.1) is 11.4 Å². The highest BCUT2D eigenvalue weighted by Gasteiger charge is 2.27. The van der Waals surface area contributed by atoms with E-state index in [0.717, 1.165) is 11.5 Å². The van der Waals surface area contributed by atoms with Gasteiger partial charge in [-0.2, -0.15) is 13.2 Å². The number of esters is 1. The highest BCUT2D eigenvalue weighted by atomic mass is 19.4. The van der Waals surface area contributed by atoms with Crippen molar-refractivity contribution in [3.8, 4) is 11.4 Å². The molecule has 0 amide bonds. The first-order chi connectivity index (χ1) is 13.6. The number of fused-ring (bicyclic) bond motifs is 1. The van der Waals surface area contributed by atoms with Crippen LogP contribution >= 0.6 is 0 Å². The average Bonchev–Trinajstić information content (AvgIpc) is 2.64. The molecule has 0 saturated heterocycles. The van der Waals surface area contributed by atoms with Crippen molar-refractivity contribution < 1.29 is 22.7 Å². The molecule has 11 heteroatoms. The molecule has 0 aliphatic carbocycles. The molecule has 152 valence electrons. The van der Waals surface area contributed by atoms with Crippen molar-refractivity contribution in [2.45, 2.75) is 13.1 Å². The predicted octanol–water partition coefficient (Wildman–Crippen LogP) is 2.45. The molecule has 0 unspecified atom stereocenters. The summed E-state index contributed by atoms with van der Waals surface area (Å²) in [6.07, 6.45) is -4.45. The number of carbonyl (C=O) groups is 1. The van der Waals surface area contributed by atoms with E-state index in [9.17, 15) is 22.8 Å². The molecule has 0 spiro atoms. The zero-order valence-electron chi connectivity index (χ0n) is 15.1. The second kappa shape index (κ2) is 7.34. The molecule has 0 bridgehead atoms. The summed E-state index contributed by atoms with van der Waals surface area (Å²) in [5.74, 6) is -1.27. The van der Waals surface area contributed by atoms with Crippen LogP contribution in [0.1, 0.15) is 6.92 Å². The standard InChI is InChI=1S/C18H16F3N5O3/c1-9(27)29-15-14(23)12-6-7-13(24-8-18(19,20)21)25-16(12)26(17(15)28)11-4-2-10(22)3-5-11/h2-7H,8,22-23H2,1H3,(H,24,25). The first-order valence-corrected chi connectivity index (χ1v) is 8.27. The van der Waals surface area contributed by atoms with Crippen LogP contribution in [0.2, 0.25) is 0 Å². The van der Waals surface area contributed by atoms with Gasteiger partial charge in [0.1, 0.15) is 12.4 Å². The van der Waals surface area contributed by atoms with Crippen molar-refractivity contribution in [1.82, 2.24) is 9.55 Å². The lowest BCUT2D eigenvalue weighted by Gasteiger charge is -2.16. The fraction of sp³-hybridized carbons (Fsp3) is 0.167. The van der Waals surface area contributed by atoms with Crippen LogP contribution in [0.3, 0.4) is 0 Å². The lowest BCUT2D eigenvalue weighted by Crippen LogP contribution is -2.25. The Morgan fingerprint density at radius 1 is 1.17 bits per heavy atom. The summed E-state index contributed by atoms with van der Waals surface area (Å²) < 4.78 is 43.6. The van der Waals surface area contributed by atoms with Gasteiger partial charge in [-0.25, -0.2) is 4.98 Å². The van der Waals surface area contributed by atoms with Crippen LogP contribution in [-0.2, 0) is 4.79 Å². The average molecular weight is 407 g/mol. The summed E-state index contributed by atoms with van der Waals surface area (Å²) in [4.78, 5) is 28.5. The lowest BCUT2D eigenvalue weighted by atomic mass is 10.2. The number of ether oxygens (including phenoxy) is 1. The van der Waals surface area contributed by atoms with Crippen molar-refractivity contribution >= 4 is 34.2 Å². The third-order valence-electron chi connectivity index (χ3n) is 3.89. The maximum absolute atomic E-state index is 13.0. The molecular weight excluding hydrogens is 391 g/mol. The quantitative estimate of drug-likeness (QED) is 0.448. The Morgan fingerprint density at radius 3 is 2.41 bits per heavy atom. The molecule has 2 aromatic heterocycles. The Hall–Kier alpha value is -3.76. The molecule has 8 nitrogen and oxygen atoms in total. The minimum absolute atomic E-state index is 0.0136. The van der Waals surface area contributed by atoms with Gasteiger partial charge in [0.25, 0.3) is 0 Å². The van der Waals surface area contributed by atoms with Gasteiger partial charge in [-0.05, 0) is 36.4 Å². The SMILES string of the molecule is CC(=O)Oc1c(N)c2ccc(NCC(F)(F)F)nc2n(-c2ccc(N)cc2)c1=O. The van der Waals surface area contributed by atoms with E-state index in [1.165, 1.54) is 36.4 Å². The molecular formula is C18H16F3N5O3. The van der Waals surface area contributed by atoms with Gasteiger partial charge < -0.3 is 21.5 Å². The molecule has 2 heterocycles. The maximum atomic E-state index is 13.0. The fourth-order valence-electron chi connectivity index (χ4n) is 2.66. The van der Waals surface area contributed by atoms with Crippen LogP contribution in [0.4, 0.5) is 30.4 Å². The van der Waals surface area contributed by atoms with E-state index in [4.69, 9.17) is 16.2 Å². The number of anilines is 3. The Morgan fingerprint density at radius 2 is 1.83 bits per heavy atom. The molecule has 5 N–H and O–H groups in total. The second-order valence-corrected chi connectivity index (χ2v) is 6.10. The number of nitrogens with zero attached hydrogens (tertiary/aromatic N) is 2. The van der Waals surface area contributed by atoms with E-state index < -0.39 is 30.0 Å². The van der Waals surface area contributed by atoms with Gasteiger partial charge in [0.2, 0.25) is 5.75 Å². The first-order valence-electron chi connectivity index (χ1n) is 8.27. The molecule has 29 heavy (non-hydrogen) atoms. The number of aromatic nitrogens is 2. The highest BCUT2D eigenvalue weighted by Crippen LogP contribution is 2.29. The van der Waals surface area contributed by atoms with E-state index in [1.54, 1.807) is 0 Å². The van der Waals surface area contributed by atoms with E-state index >= 15 is 0 Å². The van der Waals surface area contributed by atoms with Crippen LogP contribution in [0.5, 0.6) is 5.75 Å². The normalized spacial score (nSPS) is 11.4. The molecule has 3 aromatic rings. The number of benzene rings is 1. The fourth-order valence-corrected chi connectivity index (χ4v) is 2.66. The molecule has 0 aliphatic heterocycles. The predicted molar refractivity (Wildman–Crippen MR) is 102 cm³/mol. The Balaban J connectivity index is 2.28. The van der Waals surface area contributed by atoms with Crippen LogP contribution < -0.4 is 27.1 Å². The van der Waals surface area contributed by atoms with Gasteiger partial charge in [0.15, 0.2) is 5.65 Å². The molecule has 0 radical (unpaired) electrons. The lowest BCUT2D eigenvalue weighted by molar-refractivity contribution is -0.132. The molecule has 0 aliphatic rings. The van der Waals surface area contributed by atoms with E-state index in [2.05, 4.69) is 10.3 Å². The summed E-state index contributed by atoms with van der Waals surface area (Å²) in [7, 11) is 0. The largest absolute Gasteiger partial charge is 0.419 e. The Kier molecular flexibility index (Phi) is 5.06. The second-order valence-electron chi connectivity index (χ2n) is 6.10. The third kappa shape index (κ3) is 4.23. The van der Waals surface area contributed by atoms with Gasteiger partial charge in [-0.1, -0.05) is 0 Å². The van der Waals surface area contributed by atoms with E-state index in [0.29, 0.717) is 11.4 Å². The number of nitrogens with one attached hydrogen (secondary N) is 1. The maximum Gasteiger partial charge on any atom is 0.405 e. The van der Waals surface area contributed by atoms with E-state index in [1.807, 2.05) is 0 Å². The van der Waals surface area contributed by atoms with Gasteiger partial charge in [-0.3, -0.25) is 14.2 Å². The smallest absolute Gasteiger partial charge is 0.405 e. The number of nitrogens with two attached hydrogens (primary N) is 2. The van der Waals surface area contributed by atoms with Crippen LogP contribution in [-0.4, -0.2) is 28.2 Å². The van der Waals surface area contributed by atoms with Gasteiger partial charge in [-0.15, -0.1) is 0 Å². The number of halogens is 3. The number of hydrogen-bond donors (Lipinski definition) is 3. The Labute approximate surface area is 161 Å². The molecule has 0 fully saturated rings. The van der Waals surface area contributed by atoms with Gasteiger partial charge in [0, 0.05) is 18.0 Å². The third-order valence-corrected chi connectivity index (χ3v) is 3.89. The summed E-state index contributed by atoms with van der Waals surface area (Å²) in [6, 6.07) is 8.75. The number of pyridine rings is 2. The minimum atomic E-state index is -4.45. The van der Waals surface area contributed by atoms with Crippen molar-refractivity contribution in [2.24, 2.45) is 0 Å². The molecule has 1 aromatic carbocycles. The molecule has 0 saturated carbocycles. The topological polar surface area (TPSA) is 125 Å². The van der Waals surface area contributed by atoms with Gasteiger partial charge >= 0.3 is 17.7 Å². The zero-order chi connectivity index (χ0) is 21.3. The van der Waals surface area contributed by atoms with Crippen molar-refractivity contribution in [3.63, 3.8) is 0 Å². The molecule has 3 rings (SSSR count). The zero-order valence-corrected chi connectivity index (χ0v) is 15.1. The molecule has 0 atom stereocenters. The van der Waals surface area contributed by atoms with E-state index in [-0.39, 0.29) is 22.5 Å². The Bertz CT molecular complexity index is 1140.